The largest absolute Gasteiger partial charge is 0.465 e. The maximum absolute atomic E-state index is 13.1. The minimum absolute atomic E-state index is 0.0165. The molecule has 1 aromatic rings. The molecular formula is C21H23NO6. The molecule has 1 aliphatic rings. The standard InChI is InChI=1S/C21H23NO6/c1-4-26-17(23)12-16-13-20(18(24)27-5-2,15-10-8-7-9-11-15)21(16,14-22)19(25)28-6-3/h7-12H,4-6,13H2,1-3H3/b16-12+. The Balaban J connectivity index is 2.73. The van der Waals surface area contributed by atoms with Gasteiger partial charge in [0, 0.05) is 6.08 Å². The molecule has 0 spiro atoms. The maximum atomic E-state index is 13.1. The van der Waals surface area contributed by atoms with Gasteiger partial charge in [-0.15, -0.1) is 0 Å². The molecule has 2 rings (SSSR count). The fraction of sp³-hybridized carbons (Fsp3) is 0.429. The van der Waals surface area contributed by atoms with E-state index in [9.17, 15) is 19.6 Å². The number of carbonyl (C=O) groups is 3. The van der Waals surface area contributed by atoms with Crippen molar-refractivity contribution in [1.29, 1.82) is 5.26 Å². The van der Waals surface area contributed by atoms with Crippen LogP contribution in [0.1, 0.15) is 32.8 Å². The predicted octanol–water partition coefficient (Wildman–Crippen LogP) is 2.45. The Morgan fingerprint density at radius 1 is 1.00 bits per heavy atom. The smallest absolute Gasteiger partial charge is 0.332 e. The lowest BCUT2D eigenvalue weighted by Crippen LogP contribution is -2.65. The number of esters is 3. The van der Waals surface area contributed by atoms with Crippen LogP contribution in [0.15, 0.2) is 42.0 Å². The minimum atomic E-state index is -2.01. The van der Waals surface area contributed by atoms with Crippen molar-refractivity contribution >= 4 is 17.9 Å². The molecule has 0 saturated heterocycles. The molecule has 7 heteroatoms. The van der Waals surface area contributed by atoms with Crippen molar-refractivity contribution in [2.24, 2.45) is 5.41 Å². The zero-order valence-corrected chi connectivity index (χ0v) is 16.2. The van der Waals surface area contributed by atoms with Crippen LogP contribution in [-0.2, 0) is 34.0 Å². The van der Waals surface area contributed by atoms with E-state index in [2.05, 4.69) is 0 Å². The summed E-state index contributed by atoms with van der Waals surface area (Å²) in [6.45, 7) is 5.13. The molecule has 1 fully saturated rings. The predicted molar refractivity (Wildman–Crippen MR) is 98.8 cm³/mol. The maximum Gasteiger partial charge on any atom is 0.332 e. The monoisotopic (exact) mass is 385 g/mol. The lowest BCUT2D eigenvalue weighted by atomic mass is 9.44. The Morgan fingerprint density at radius 3 is 2.11 bits per heavy atom. The third-order valence-electron chi connectivity index (χ3n) is 4.80. The number of ether oxygens (including phenoxy) is 3. The Kier molecular flexibility index (Phi) is 6.57. The van der Waals surface area contributed by atoms with E-state index in [1.54, 1.807) is 51.1 Å². The van der Waals surface area contributed by atoms with Gasteiger partial charge < -0.3 is 14.2 Å². The average Bonchev–Trinajstić information content (AvgIpc) is 2.66. The van der Waals surface area contributed by atoms with Crippen molar-refractivity contribution in [2.45, 2.75) is 32.6 Å². The number of rotatable bonds is 7. The first-order valence-electron chi connectivity index (χ1n) is 9.13. The van der Waals surface area contributed by atoms with E-state index < -0.39 is 28.7 Å². The average molecular weight is 385 g/mol. The molecule has 0 radical (unpaired) electrons. The van der Waals surface area contributed by atoms with Crippen molar-refractivity contribution in [3.8, 4) is 6.07 Å². The van der Waals surface area contributed by atoms with Gasteiger partial charge in [-0.25, -0.2) is 9.59 Å². The van der Waals surface area contributed by atoms with Crippen LogP contribution >= 0.6 is 0 Å². The highest BCUT2D eigenvalue weighted by molar-refractivity contribution is 6.03. The van der Waals surface area contributed by atoms with Crippen molar-refractivity contribution in [3.63, 3.8) is 0 Å². The summed E-state index contributed by atoms with van der Waals surface area (Å²) in [6, 6.07) is 10.5. The molecule has 28 heavy (non-hydrogen) atoms. The number of benzene rings is 1. The zero-order chi connectivity index (χ0) is 20.8. The summed E-state index contributed by atoms with van der Waals surface area (Å²) in [5.74, 6) is -2.29. The second kappa shape index (κ2) is 8.70. The summed E-state index contributed by atoms with van der Waals surface area (Å²) >= 11 is 0. The van der Waals surface area contributed by atoms with Crippen LogP contribution in [0.25, 0.3) is 0 Å². The second-order valence-corrected chi connectivity index (χ2v) is 6.17. The molecule has 0 amide bonds. The van der Waals surface area contributed by atoms with E-state index in [0.29, 0.717) is 5.56 Å². The molecule has 1 aliphatic carbocycles. The van der Waals surface area contributed by atoms with Gasteiger partial charge in [-0.2, -0.15) is 5.26 Å². The molecule has 1 aromatic carbocycles. The van der Waals surface area contributed by atoms with E-state index in [1.165, 1.54) is 0 Å². The minimum Gasteiger partial charge on any atom is -0.465 e. The van der Waals surface area contributed by atoms with Gasteiger partial charge in [-0.3, -0.25) is 4.79 Å². The van der Waals surface area contributed by atoms with Gasteiger partial charge >= 0.3 is 17.9 Å². The molecule has 0 N–H and O–H groups in total. The van der Waals surface area contributed by atoms with Crippen LogP contribution < -0.4 is 0 Å². The molecule has 7 nitrogen and oxygen atoms in total. The topological polar surface area (TPSA) is 103 Å². The van der Waals surface area contributed by atoms with Gasteiger partial charge in [0.05, 0.1) is 25.9 Å². The van der Waals surface area contributed by atoms with E-state index >= 15 is 0 Å². The third kappa shape index (κ3) is 3.15. The van der Waals surface area contributed by atoms with Crippen LogP contribution in [0, 0.1) is 16.7 Å². The van der Waals surface area contributed by atoms with E-state index in [4.69, 9.17) is 14.2 Å². The van der Waals surface area contributed by atoms with Gasteiger partial charge in [0.1, 0.15) is 5.41 Å². The highest BCUT2D eigenvalue weighted by Crippen LogP contribution is 2.62. The summed E-state index contributed by atoms with van der Waals surface area (Å²) in [7, 11) is 0. The fourth-order valence-corrected chi connectivity index (χ4v) is 3.60. The molecule has 0 aromatic heterocycles. The molecule has 2 atom stereocenters. The third-order valence-corrected chi connectivity index (χ3v) is 4.80. The molecule has 148 valence electrons. The normalized spacial score (nSPS) is 24.6. The van der Waals surface area contributed by atoms with Crippen molar-refractivity contribution in [3.05, 3.63) is 47.5 Å². The first-order chi connectivity index (χ1) is 13.4. The van der Waals surface area contributed by atoms with Crippen molar-refractivity contribution in [2.75, 3.05) is 19.8 Å². The first-order valence-corrected chi connectivity index (χ1v) is 9.13. The summed E-state index contributed by atoms with van der Waals surface area (Å²) < 4.78 is 15.3. The Bertz CT molecular complexity index is 825. The van der Waals surface area contributed by atoms with Gasteiger partial charge in [0.25, 0.3) is 0 Å². The van der Waals surface area contributed by atoms with E-state index in [-0.39, 0.29) is 31.8 Å². The van der Waals surface area contributed by atoms with Crippen molar-refractivity contribution in [1.82, 2.24) is 0 Å². The highest BCUT2D eigenvalue weighted by Gasteiger charge is 2.74. The number of carbonyl (C=O) groups excluding carboxylic acids is 3. The van der Waals surface area contributed by atoms with Crippen LogP contribution in [0.2, 0.25) is 0 Å². The zero-order valence-electron chi connectivity index (χ0n) is 16.2. The number of nitriles is 1. The van der Waals surface area contributed by atoms with Gasteiger partial charge in [-0.05, 0) is 38.3 Å². The lowest BCUT2D eigenvalue weighted by molar-refractivity contribution is -0.172. The van der Waals surface area contributed by atoms with Gasteiger partial charge in [-0.1, -0.05) is 30.3 Å². The van der Waals surface area contributed by atoms with Crippen LogP contribution in [0.3, 0.4) is 0 Å². The lowest BCUT2D eigenvalue weighted by Gasteiger charge is -2.53. The molecule has 0 bridgehead atoms. The number of hydrogen-bond donors (Lipinski definition) is 0. The molecular weight excluding hydrogens is 362 g/mol. The quantitative estimate of drug-likeness (QED) is 0.403. The second-order valence-electron chi connectivity index (χ2n) is 6.17. The number of hydrogen-bond acceptors (Lipinski definition) is 7. The summed E-state index contributed by atoms with van der Waals surface area (Å²) in [5, 5.41) is 10.1. The SMILES string of the molecule is CCOC(=O)/C=C1\CC(C(=O)OCC)(c2ccccc2)C1(C#N)C(=O)OCC. The molecule has 0 aliphatic heterocycles. The van der Waals surface area contributed by atoms with Crippen LogP contribution in [0.4, 0.5) is 0 Å². The van der Waals surface area contributed by atoms with E-state index in [0.717, 1.165) is 6.08 Å². The van der Waals surface area contributed by atoms with Crippen molar-refractivity contribution < 1.29 is 28.6 Å². The Labute approximate surface area is 163 Å². The van der Waals surface area contributed by atoms with Gasteiger partial charge in [0.15, 0.2) is 5.41 Å². The summed E-state index contributed by atoms with van der Waals surface area (Å²) in [6.07, 6.45) is 1.07. The molecule has 0 heterocycles. The van der Waals surface area contributed by atoms with Gasteiger partial charge in [0.2, 0.25) is 0 Å². The van der Waals surface area contributed by atoms with E-state index in [1.807, 2.05) is 6.07 Å². The molecule has 2 unspecified atom stereocenters. The number of nitrogens with zero attached hydrogens (tertiary/aromatic N) is 1. The summed E-state index contributed by atoms with van der Waals surface area (Å²) in [5.41, 5.74) is -3.00. The van der Waals surface area contributed by atoms with Crippen LogP contribution in [0.5, 0.6) is 0 Å². The Hall–Kier alpha value is -3.14. The first kappa shape index (κ1) is 21.2. The Morgan fingerprint density at radius 2 is 1.57 bits per heavy atom. The fourth-order valence-electron chi connectivity index (χ4n) is 3.60. The molecule has 1 saturated carbocycles. The summed E-state index contributed by atoms with van der Waals surface area (Å²) in [4.78, 5) is 38.0. The van der Waals surface area contributed by atoms with Crippen LogP contribution in [-0.4, -0.2) is 37.7 Å². The highest BCUT2D eigenvalue weighted by atomic mass is 16.5.